The summed E-state index contributed by atoms with van der Waals surface area (Å²) < 4.78 is 1.73. The van der Waals surface area contributed by atoms with E-state index in [0.29, 0.717) is 16.8 Å². The van der Waals surface area contributed by atoms with Gasteiger partial charge in [-0.05, 0) is 54.8 Å². The van der Waals surface area contributed by atoms with E-state index in [9.17, 15) is 9.59 Å². The summed E-state index contributed by atoms with van der Waals surface area (Å²) in [6.45, 7) is 1.65. The molecular formula is C22H22N4O2. The molecule has 142 valence electrons. The Balaban J connectivity index is 1.45. The molecule has 6 nitrogen and oxygen atoms in total. The highest BCUT2D eigenvalue weighted by atomic mass is 16.2. The molecular weight excluding hydrogens is 352 g/mol. The Bertz CT molecular complexity index is 1000. The number of aromatic nitrogens is 2. The molecule has 28 heavy (non-hydrogen) atoms. The van der Waals surface area contributed by atoms with Crippen molar-refractivity contribution in [2.75, 3.05) is 18.4 Å². The van der Waals surface area contributed by atoms with Crippen molar-refractivity contribution < 1.29 is 9.59 Å². The highest BCUT2D eigenvalue weighted by Crippen LogP contribution is 2.21. The van der Waals surface area contributed by atoms with Gasteiger partial charge in [0.25, 0.3) is 11.8 Å². The standard InChI is InChI=1S/C22H22N4O2/c1-25-15-19(14-23-25)17-5-4-6-18(13-17)21(27)24-20-9-7-16(8-10-20)22(28)26-11-2-3-12-26/h4-10,13-15H,2-3,11-12H2,1H3,(H,24,27). The second-order valence-electron chi connectivity index (χ2n) is 7.01. The number of carbonyl (C=O) groups is 2. The van der Waals surface area contributed by atoms with Crippen molar-refractivity contribution in [3.63, 3.8) is 0 Å². The van der Waals surface area contributed by atoms with E-state index in [4.69, 9.17) is 0 Å². The fourth-order valence-electron chi connectivity index (χ4n) is 3.41. The van der Waals surface area contributed by atoms with Gasteiger partial charge in [-0.25, -0.2) is 0 Å². The minimum absolute atomic E-state index is 0.0551. The van der Waals surface area contributed by atoms with Gasteiger partial charge in [0.1, 0.15) is 0 Å². The summed E-state index contributed by atoms with van der Waals surface area (Å²) in [6.07, 6.45) is 5.82. The lowest BCUT2D eigenvalue weighted by atomic mass is 10.1. The lowest BCUT2D eigenvalue weighted by Crippen LogP contribution is -2.27. The maximum Gasteiger partial charge on any atom is 0.255 e. The summed E-state index contributed by atoms with van der Waals surface area (Å²) in [7, 11) is 1.86. The van der Waals surface area contributed by atoms with Crippen LogP contribution < -0.4 is 5.32 Å². The minimum Gasteiger partial charge on any atom is -0.339 e. The molecule has 4 rings (SSSR count). The van der Waals surface area contributed by atoms with Crippen LogP contribution >= 0.6 is 0 Å². The van der Waals surface area contributed by atoms with Crippen LogP contribution in [0.5, 0.6) is 0 Å². The number of benzene rings is 2. The number of anilines is 1. The van der Waals surface area contributed by atoms with E-state index >= 15 is 0 Å². The molecule has 1 aliphatic heterocycles. The SMILES string of the molecule is Cn1cc(-c2cccc(C(=O)Nc3ccc(C(=O)N4CCCC4)cc3)c2)cn1. The molecule has 0 aliphatic carbocycles. The molecule has 0 bridgehead atoms. The zero-order chi connectivity index (χ0) is 19.5. The van der Waals surface area contributed by atoms with Crippen molar-refractivity contribution in [1.29, 1.82) is 0 Å². The van der Waals surface area contributed by atoms with Gasteiger partial charge >= 0.3 is 0 Å². The third-order valence-corrected chi connectivity index (χ3v) is 4.95. The average Bonchev–Trinajstić information content (AvgIpc) is 3.40. The van der Waals surface area contributed by atoms with E-state index in [2.05, 4.69) is 10.4 Å². The Kier molecular flexibility index (Phi) is 4.93. The molecule has 1 saturated heterocycles. The Morgan fingerprint density at radius 2 is 1.71 bits per heavy atom. The van der Waals surface area contributed by atoms with Crippen molar-refractivity contribution in [3.05, 3.63) is 72.1 Å². The molecule has 0 unspecified atom stereocenters. The Hall–Kier alpha value is -3.41. The third kappa shape index (κ3) is 3.81. The number of hydrogen-bond acceptors (Lipinski definition) is 3. The van der Waals surface area contributed by atoms with Crippen LogP contribution in [0.2, 0.25) is 0 Å². The van der Waals surface area contributed by atoms with E-state index in [1.54, 1.807) is 41.2 Å². The number of hydrogen-bond donors (Lipinski definition) is 1. The summed E-state index contributed by atoms with van der Waals surface area (Å²) in [6, 6.07) is 14.5. The molecule has 2 amide bonds. The zero-order valence-electron chi connectivity index (χ0n) is 15.8. The number of aryl methyl sites for hydroxylation is 1. The number of carbonyl (C=O) groups excluding carboxylic acids is 2. The molecule has 3 aromatic rings. The predicted octanol–water partition coefficient (Wildman–Crippen LogP) is 3.58. The first-order chi connectivity index (χ1) is 13.6. The van der Waals surface area contributed by atoms with E-state index in [1.165, 1.54) is 0 Å². The van der Waals surface area contributed by atoms with Crippen LogP contribution in [0.15, 0.2) is 60.9 Å². The number of rotatable bonds is 4. The van der Waals surface area contributed by atoms with Crippen molar-refractivity contribution in [2.45, 2.75) is 12.8 Å². The van der Waals surface area contributed by atoms with Crippen molar-refractivity contribution in [3.8, 4) is 11.1 Å². The average molecular weight is 374 g/mol. The monoisotopic (exact) mass is 374 g/mol. The highest BCUT2D eigenvalue weighted by Gasteiger charge is 2.19. The molecule has 0 spiro atoms. The lowest BCUT2D eigenvalue weighted by molar-refractivity contribution is 0.0792. The first kappa shape index (κ1) is 18.0. The van der Waals surface area contributed by atoms with Crippen molar-refractivity contribution in [1.82, 2.24) is 14.7 Å². The summed E-state index contributed by atoms with van der Waals surface area (Å²) in [5.74, 6) is -0.135. The fourth-order valence-corrected chi connectivity index (χ4v) is 3.41. The van der Waals surface area contributed by atoms with Gasteiger partial charge in [0, 0.05) is 48.7 Å². The topological polar surface area (TPSA) is 67.2 Å². The van der Waals surface area contributed by atoms with Crippen LogP contribution in [0.25, 0.3) is 11.1 Å². The van der Waals surface area contributed by atoms with E-state index in [0.717, 1.165) is 37.1 Å². The number of amides is 2. The van der Waals surface area contributed by atoms with Crippen LogP contribution in [0.4, 0.5) is 5.69 Å². The Morgan fingerprint density at radius 3 is 2.39 bits per heavy atom. The van der Waals surface area contributed by atoms with Gasteiger partial charge in [0.2, 0.25) is 0 Å². The largest absolute Gasteiger partial charge is 0.339 e. The molecule has 6 heteroatoms. The van der Waals surface area contributed by atoms with E-state index < -0.39 is 0 Å². The van der Waals surface area contributed by atoms with Gasteiger partial charge in [-0.1, -0.05) is 12.1 Å². The molecule has 1 fully saturated rings. The molecule has 0 radical (unpaired) electrons. The van der Waals surface area contributed by atoms with Crippen molar-refractivity contribution in [2.24, 2.45) is 7.05 Å². The van der Waals surface area contributed by atoms with Crippen molar-refractivity contribution >= 4 is 17.5 Å². The molecule has 1 aromatic heterocycles. The molecule has 2 aromatic carbocycles. The second kappa shape index (κ2) is 7.68. The molecule has 2 heterocycles. The van der Waals surface area contributed by atoms with Crippen LogP contribution in [0.3, 0.4) is 0 Å². The van der Waals surface area contributed by atoms with E-state index in [1.807, 2.05) is 36.3 Å². The molecule has 0 atom stereocenters. The number of nitrogens with zero attached hydrogens (tertiary/aromatic N) is 3. The van der Waals surface area contributed by atoms with Crippen LogP contribution in [-0.4, -0.2) is 39.6 Å². The maximum absolute atomic E-state index is 12.6. The van der Waals surface area contributed by atoms with Gasteiger partial charge < -0.3 is 10.2 Å². The van der Waals surface area contributed by atoms with E-state index in [-0.39, 0.29) is 11.8 Å². The zero-order valence-corrected chi connectivity index (χ0v) is 15.8. The Morgan fingerprint density at radius 1 is 0.964 bits per heavy atom. The highest BCUT2D eigenvalue weighted by molar-refractivity contribution is 6.05. The minimum atomic E-state index is -0.190. The smallest absolute Gasteiger partial charge is 0.255 e. The summed E-state index contributed by atoms with van der Waals surface area (Å²) in [5.41, 5.74) is 3.78. The fraction of sp³-hybridized carbons (Fsp3) is 0.227. The maximum atomic E-state index is 12.6. The van der Waals surface area contributed by atoms with Gasteiger partial charge in [0.15, 0.2) is 0 Å². The van der Waals surface area contributed by atoms with Crippen LogP contribution in [-0.2, 0) is 7.05 Å². The van der Waals surface area contributed by atoms with Crippen LogP contribution in [0, 0.1) is 0 Å². The molecule has 1 N–H and O–H groups in total. The molecule has 1 aliphatic rings. The second-order valence-corrected chi connectivity index (χ2v) is 7.01. The first-order valence-corrected chi connectivity index (χ1v) is 9.40. The molecule has 0 saturated carbocycles. The predicted molar refractivity (Wildman–Crippen MR) is 108 cm³/mol. The normalized spacial score (nSPS) is 13.5. The van der Waals surface area contributed by atoms with Crippen LogP contribution in [0.1, 0.15) is 33.6 Å². The van der Waals surface area contributed by atoms with Gasteiger partial charge in [0.05, 0.1) is 6.20 Å². The summed E-state index contributed by atoms with van der Waals surface area (Å²) >= 11 is 0. The van der Waals surface area contributed by atoms with Gasteiger partial charge in [-0.2, -0.15) is 5.10 Å². The Labute approximate surface area is 163 Å². The van der Waals surface area contributed by atoms with Gasteiger partial charge in [-0.15, -0.1) is 0 Å². The lowest BCUT2D eigenvalue weighted by Gasteiger charge is -2.15. The third-order valence-electron chi connectivity index (χ3n) is 4.95. The number of likely N-dealkylation sites (tertiary alicyclic amines) is 1. The van der Waals surface area contributed by atoms with Gasteiger partial charge in [-0.3, -0.25) is 14.3 Å². The summed E-state index contributed by atoms with van der Waals surface area (Å²) in [4.78, 5) is 26.9. The first-order valence-electron chi connectivity index (χ1n) is 9.40. The quantitative estimate of drug-likeness (QED) is 0.759. The summed E-state index contributed by atoms with van der Waals surface area (Å²) in [5, 5.41) is 7.06. The number of nitrogens with one attached hydrogen (secondary N) is 1.